The highest BCUT2D eigenvalue weighted by Crippen LogP contribution is 2.27. The third kappa shape index (κ3) is 5.14. The van der Waals surface area contributed by atoms with Crippen molar-refractivity contribution >= 4 is 5.91 Å². The van der Waals surface area contributed by atoms with Crippen molar-refractivity contribution in [1.29, 1.82) is 0 Å². The molecule has 2 heterocycles. The molecule has 0 saturated heterocycles. The van der Waals surface area contributed by atoms with Crippen molar-refractivity contribution in [2.75, 3.05) is 7.11 Å². The zero-order chi connectivity index (χ0) is 24.0. The molecule has 1 N–H and O–H groups in total. The molecule has 0 bridgehead atoms. The number of rotatable bonds is 8. The molecule has 7 nitrogen and oxygen atoms in total. The molecular weight excluding hydrogens is 438 g/mol. The van der Waals surface area contributed by atoms with Gasteiger partial charge in [-0.25, -0.2) is 9.67 Å². The van der Waals surface area contributed by atoms with Gasteiger partial charge in [0.25, 0.3) is 5.91 Å². The Morgan fingerprint density at radius 3 is 2.51 bits per heavy atom. The predicted octanol–water partition coefficient (Wildman–Crippen LogP) is 4.72. The van der Waals surface area contributed by atoms with Crippen LogP contribution < -0.4 is 10.1 Å². The van der Waals surface area contributed by atoms with Gasteiger partial charge in [-0.15, -0.1) is 0 Å². The van der Waals surface area contributed by atoms with Gasteiger partial charge in [0.05, 0.1) is 24.7 Å². The molecule has 2 aromatic heterocycles. The summed E-state index contributed by atoms with van der Waals surface area (Å²) in [6, 6.07) is 25.5. The second-order valence-corrected chi connectivity index (χ2v) is 8.14. The molecule has 174 valence electrons. The summed E-state index contributed by atoms with van der Waals surface area (Å²) >= 11 is 0. The molecule has 0 spiro atoms. The molecule has 3 aromatic carbocycles. The van der Waals surface area contributed by atoms with Gasteiger partial charge in [-0.3, -0.25) is 4.79 Å². The largest absolute Gasteiger partial charge is 0.497 e. The Hall–Kier alpha value is -4.65. The van der Waals surface area contributed by atoms with Gasteiger partial charge in [0.1, 0.15) is 11.4 Å². The van der Waals surface area contributed by atoms with Crippen molar-refractivity contribution in [3.8, 4) is 22.7 Å². The number of nitrogens with one attached hydrogen (secondary N) is 1. The molecule has 0 fully saturated rings. The van der Waals surface area contributed by atoms with Crippen molar-refractivity contribution < 1.29 is 9.53 Å². The highest BCUT2D eigenvalue weighted by atomic mass is 16.5. The molecule has 35 heavy (non-hydrogen) atoms. The van der Waals surface area contributed by atoms with E-state index in [-0.39, 0.29) is 5.91 Å². The van der Waals surface area contributed by atoms with Gasteiger partial charge in [-0.1, -0.05) is 54.6 Å². The minimum Gasteiger partial charge on any atom is -0.497 e. The Balaban J connectivity index is 1.36. The second kappa shape index (κ2) is 10.1. The summed E-state index contributed by atoms with van der Waals surface area (Å²) in [5, 5.41) is 7.79. The van der Waals surface area contributed by atoms with Crippen molar-refractivity contribution in [1.82, 2.24) is 24.6 Å². The van der Waals surface area contributed by atoms with Crippen LogP contribution in [0.5, 0.6) is 5.75 Å². The quantitative estimate of drug-likeness (QED) is 0.361. The van der Waals surface area contributed by atoms with Crippen LogP contribution in [-0.4, -0.2) is 32.3 Å². The van der Waals surface area contributed by atoms with Crippen molar-refractivity contribution in [2.45, 2.75) is 13.1 Å². The molecule has 0 saturated carbocycles. The molecule has 5 aromatic rings. The van der Waals surface area contributed by atoms with Crippen LogP contribution in [0.2, 0.25) is 0 Å². The van der Waals surface area contributed by atoms with Crippen LogP contribution in [0.3, 0.4) is 0 Å². The number of hydrogen-bond donors (Lipinski definition) is 1. The average molecular weight is 464 g/mol. The summed E-state index contributed by atoms with van der Waals surface area (Å²) in [5.41, 5.74) is 4.98. The van der Waals surface area contributed by atoms with E-state index in [2.05, 4.69) is 22.4 Å². The maximum absolute atomic E-state index is 13.3. The monoisotopic (exact) mass is 463 g/mol. The fourth-order valence-corrected chi connectivity index (χ4v) is 3.87. The number of aromatic nitrogens is 4. The number of amides is 1. The van der Waals surface area contributed by atoms with Gasteiger partial charge < -0.3 is 14.6 Å². The van der Waals surface area contributed by atoms with Gasteiger partial charge in [0, 0.05) is 37.2 Å². The first kappa shape index (κ1) is 22.2. The third-order valence-corrected chi connectivity index (χ3v) is 5.72. The summed E-state index contributed by atoms with van der Waals surface area (Å²) in [7, 11) is 1.62. The van der Waals surface area contributed by atoms with Gasteiger partial charge in [-0.05, 0) is 35.4 Å². The zero-order valence-electron chi connectivity index (χ0n) is 19.3. The van der Waals surface area contributed by atoms with Crippen molar-refractivity contribution in [3.63, 3.8) is 0 Å². The van der Waals surface area contributed by atoms with E-state index in [1.165, 1.54) is 5.56 Å². The lowest BCUT2D eigenvalue weighted by Gasteiger charge is -2.08. The second-order valence-electron chi connectivity index (χ2n) is 8.14. The first-order valence-electron chi connectivity index (χ1n) is 11.3. The van der Waals surface area contributed by atoms with E-state index in [1.54, 1.807) is 30.5 Å². The number of imidazole rings is 1. The molecule has 0 aliphatic carbocycles. The Labute approximate surface area is 203 Å². The Morgan fingerprint density at radius 2 is 1.77 bits per heavy atom. The predicted molar refractivity (Wildman–Crippen MR) is 134 cm³/mol. The number of hydrogen-bond acceptors (Lipinski definition) is 4. The normalized spacial score (nSPS) is 10.8. The molecule has 7 heteroatoms. The molecular formula is C28H25N5O2. The van der Waals surface area contributed by atoms with E-state index in [4.69, 9.17) is 9.84 Å². The minimum atomic E-state index is -0.188. The molecule has 5 rings (SSSR count). The summed E-state index contributed by atoms with van der Waals surface area (Å²) in [5.74, 6) is 0.520. The smallest absolute Gasteiger partial charge is 0.255 e. The van der Waals surface area contributed by atoms with Gasteiger partial charge in [0.15, 0.2) is 0 Å². The number of carbonyl (C=O) groups is 1. The van der Waals surface area contributed by atoms with Gasteiger partial charge >= 0.3 is 0 Å². The van der Waals surface area contributed by atoms with Gasteiger partial charge in [-0.2, -0.15) is 5.10 Å². The van der Waals surface area contributed by atoms with Crippen LogP contribution in [0.4, 0.5) is 0 Å². The molecule has 0 aliphatic heterocycles. The zero-order valence-corrected chi connectivity index (χ0v) is 19.3. The summed E-state index contributed by atoms with van der Waals surface area (Å²) in [6.07, 6.45) is 7.27. The molecule has 0 unspecified atom stereocenters. The fraction of sp³-hybridized carbons (Fsp3) is 0.107. The lowest BCUT2D eigenvalue weighted by atomic mass is 10.1. The highest BCUT2D eigenvalue weighted by molar-refractivity contribution is 6.00. The molecule has 0 atom stereocenters. The SMILES string of the molecule is COc1cccc(-c2nn(-c3ccccc3)cc2C(=O)NCc2ccc(Cn3ccnc3)cc2)c1. The molecule has 0 aliphatic rings. The van der Waals surface area contributed by atoms with Crippen LogP contribution in [0.1, 0.15) is 21.5 Å². The third-order valence-electron chi connectivity index (χ3n) is 5.72. The van der Waals surface area contributed by atoms with E-state index >= 15 is 0 Å². The first-order chi connectivity index (χ1) is 17.2. The summed E-state index contributed by atoms with van der Waals surface area (Å²) < 4.78 is 9.12. The van der Waals surface area contributed by atoms with Crippen LogP contribution >= 0.6 is 0 Å². The van der Waals surface area contributed by atoms with Crippen LogP contribution in [0.15, 0.2) is 104 Å². The van der Waals surface area contributed by atoms with Crippen molar-refractivity contribution in [2.24, 2.45) is 0 Å². The number of benzene rings is 3. The summed E-state index contributed by atoms with van der Waals surface area (Å²) in [4.78, 5) is 17.4. The Morgan fingerprint density at radius 1 is 0.971 bits per heavy atom. The average Bonchev–Trinajstić information content (AvgIpc) is 3.59. The number of methoxy groups -OCH3 is 1. The fourth-order valence-electron chi connectivity index (χ4n) is 3.87. The van der Waals surface area contributed by atoms with Crippen molar-refractivity contribution in [3.05, 3.63) is 120 Å². The van der Waals surface area contributed by atoms with E-state index in [9.17, 15) is 4.79 Å². The number of para-hydroxylation sites is 1. The highest BCUT2D eigenvalue weighted by Gasteiger charge is 2.19. The molecule has 0 radical (unpaired) electrons. The Bertz CT molecular complexity index is 1410. The van der Waals surface area contributed by atoms with E-state index in [0.29, 0.717) is 23.6 Å². The van der Waals surface area contributed by atoms with Crippen LogP contribution in [-0.2, 0) is 13.1 Å². The van der Waals surface area contributed by atoms with Crippen LogP contribution in [0.25, 0.3) is 16.9 Å². The summed E-state index contributed by atoms with van der Waals surface area (Å²) in [6.45, 7) is 1.17. The maximum Gasteiger partial charge on any atom is 0.255 e. The van der Waals surface area contributed by atoms with E-state index in [0.717, 1.165) is 23.4 Å². The first-order valence-corrected chi connectivity index (χ1v) is 11.3. The standard InChI is InChI=1S/C28H25N5O2/c1-35-25-9-5-6-23(16-25)27-26(19-33(31-27)24-7-3-2-4-8-24)28(34)30-17-21-10-12-22(13-11-21)18-32-15-14-29-20-32/h2-16,19-20H,17-18H2,1H3,(H,30,34). The maximum atomic E-state index is 13.3. The minimum absolute atomic E-state index is 0.188. The number of carbonyl (C=O) groups excluding carboxylic acids is 1. The van der Waals surface area contributed by atoms with E-state index < -0.39 is 0 Å². The number of ether oxygens (including phenoxy) is 1. The topological polar surface area (TPSA) is 74.0 Å². The van der Waals surface area contributed by atoms with E-state index in [1.807, 2.05) is 77.5 Å². The van der Waals surface area contributed by atoms with Gasteiger partial charge in [0.2, 0.25) is 0 Å². The Kier molecular flexibility index (Phi) is 6.39. The lowest BCUT2D eigenvalue weighted by Crippen LogP contribution is -2.23. The molecule has 1 amide bonds. The van der Waals surface area contributed by atoms with Crippen LogP contribution in [0, 0.1) is 0 Å². The lowest BCUT2D eigenvalue weighted by molar-refractivity contribution is 0.0951. The number of nitrogens with zero attached hydrogens (tertiary/aromatic N) is 4.